The predicted molar refractivity (Wildman–Crippen MR) is 95.6 cm³/mol. The molecule has 3 aromatic carbocycles. The van der Waals surface area contributed by atoms with Gasteiger partial charge in [-0.2, -0.15) is 0 Å². The predicted octanol–water partition coefficient (Wildman–Crippen LogP) is 5.90. The minimum Gasteiger partial charge on any atom is -0.341 e. The van der Waals surface area contributed by atoms with E-state index < -0.39 is 0 Å². The van der Waals surface area contributed by atoms with Gasteiger partial charge in [0.25, 0.3) is 0 Å². The fourth-order valence-corrected chi connectivity index (χ4v) is 2.79. The molecule has 0 spiro atoms. The van der Waals surface area contributed by atoms with E-state index in [1.54, 1.807) is 0 Å². The summed E-state index contributed by atoms with van der Waals surface area (Å²) in [5.41, 5.74) is 5.05. The summed E-state index contributed by atoms with van der Waals surface area (Å²) in [5, 5.41) is 0. The van der Waals surface area contributed by atoms with Gasteiger partial charge in [0, 0.05) is 23.5 Å². The van der Waals surface area contributed by atoms with E-state index in [0.29, 0.717) is 0 Å². The van der Waals surface area contributed by atoms with Crippen LogP contribution in [0.5, 0.6) is 0 Å². The van der Waals surface area contributed by atoms with Crippen molar-refractivity contribution in [1.82, 2.24) is 0 Å². The van der Waals surface area contributed by atoms with Crippen molar-refractivity contribution in [3.63, 3.8) is 0 Å². The van der Waals surface area contributed by atoms with Crippen LogP contribution in [-0.4, -0.2) is 6.54 Å². The van der Waals surface area contributed by atoms with Gasteiger partial charge in [0.2, 0.25) is 0 Å². The summed E-state index contributed by atoms with van der Waals surface area (Å²) < 4.78 is 0. The zero-order chi connectivity index (χ0) is 15.2. The second-order valence-corrected chi connectivity index (χ2v) is 5.37. The van der Waals surface area contributed by atoms with Gasteiger partial charge < -0.3 is 4.90 Å². The van der Waals surface area contributed by atoms with E-state index in [1.807, 2.05) is 0 Å². The first-order valence-corrected chi connectivity index (χ1v) is 7.87. The standard InChI is InChI=1S/C21H21N/c1-2-17-22(19-13-7-4-8-14-19)21-16-10-9-15-20(21)18-11-5-3-6-12-18/h3-16H,2,17H2,1H3. The normalized spacial score (nSPS) is 10.4. The molecule has 0 fully saturated rings. The van der Waals surface area contributed by atoms with E-state index in [0.717, 1.165) is 13.0 Å². The van der Waals surface area contributed by atoms with Crippen LogP contribution in [0.1, 0.15) is 13.3 Å². The number of para-hydroxylation sites is 2. The van der Waals surface area contributed by atoms with Gasteiger partial charge in [-0.05, 0) is 30.2 Å². The Labute approximate surface area is 132 Å². The Balaban J connectivity index is 2.09. The third kappa shape index (κ3) is 3.04. The third-order valence-corrected chi connectivity index (χ3v) is 3.79. The van der Waals surface area contributed by atoms with Crippen molar-refractivity contribution in [3.05, 3.63) is 84.9 Å². The molecule has 0 heterocycles. The maximum Gasteiger partial charge on any atom is 0.0490 e. The summed E-state index contributed by atoms with van der Waals surface area (Å²) in [4.78, 5) is 2.41. The summed E-state index contributed by atoms with van der Waals surface area (Å²) in [5.74, 6) is 0. The van der Waals surface area contributed by atoms with Crippen molar-refractivity contribution in [2.24, 2.45) is 0 Å². The number of rotatable bonds is 5. The van der Waals surface area contributed by atoms with Crippen LogP contribution in [0, 0.1) is 0 Å². The molecular formula is C21H21N. The Kier molecular flexibility index (Phi) is 4.55. The van der Waals surface area contributed by atoms with E-state index >= 15 is 0 Å². The number of hydrogen-bond acceptors (Lipinski definition) is 1. The minimum absolute atomic E-state index is 1.01. The second-order valence-electron chi connectivity index (χ2n) is 5.37. The van der Waals surface area contributed by atoms with Gasteiger partial charge in [0.1, 0.15) is 0 Å². The van der Waals surface area contributed by atoms with Gasteiger partial charge >= 0.3 is 0 Å². The lowest BCUT2D eigenvalue weighted by molar-refractivity contribution is 0.886. The largest absolute Gasteiger partial charge is 0.341 e. The molecule has 0 saturated heterocycles. The Morgan fingerprint density at radius 1 is 0.682 bits per heavy atom. The molecule has 0 bridgehead atoms. The smallest absolute Gasteiger partial charge is 0.0490 e. The summed E-state index contributed by atoms with van der Waals surface area (Å²) >= 11 is 0. The lowest BCUT2D eigenvalue weighted by Crippen LogP contribution is -2.18. The molecule has 1 nitrogen and oxygen atoms in total. The Bertz CT molecular complexity index is 704. The summed E-state index contributed by atoms with van der Waals surface area (Å²) in [7, 11) is 0. The molecule has 110 valence electrons. The molecule has 0 aliphatic carbocycles. The molecule has 0 atom stereocenters. The van der Waals surface area contributed by atoms with Gasteiger partial charge in [-0.3, -0.25) is 0 Å². The first-order chi connectivity index (χ1) is 10.9. The second kappa shape index (κ2) is 6.95. The number of hydrogen-bond donors (Lipinski definition) is 0. The zero-order valence-corrected chi connectivity index (χ0v) is 12.9. The molecule has 22 heavy (non-hydrogen) atoms. The molecule has 0 aliphatic heterocycles. The number of anilines is 2. The first kappa shape index (κ1) is 14.4. The van der Waals surface area contributed by atoms with Crippen molar-refractivity contribution in [2.75, 3.05) is 11.4 Å². The molecule has 0 unspecified atom stereocenters. The third-order valence-electron chi connectivity index (χ3n) is 3.79. The van der Waals surface area contributed by atoms with Crippen molar-refractivity contribution in [2.45, 2.75) is 13.3 Å². The highest BCUT2D eigenvalue weighted by Gasteiger charge is 2.13. The molecular weight excluding hydrogens is 266 g/mol. The van der Waals surface area contributed by atoms with Crippen LogP contribution in [0.3, 0.4) is 0 Å². The van der Waals surface area contributed by atoms with Crippen LogP contribution >= 0.6 is 0 Å². The Morgan fingerprint density at radius 2 is 1.27 bits per heavy atom. The molecule has 1 heteroatoms. The van der Waals surface area contributed by atoms with Gasteiger partial charge in [0.15, 0.2) is 0 Å². The average Bonchev–Trinajstić information content (AvgIpc) is 2.61. The molecule has 0 aromatic heterocycles. The molecule has 0 saturated carbocycles. The highest BCUT2D eigenvalue weighted by atomic mass is 15.1. The highest BCUT2D eigenvalue weighted by molar-refractivity contribution is 5.82. The lowest BCUT2D eigenvalue weighted by atomic mass is 10.0. The van der Waals surface area contributed by atoms with Crippen molar-refractivity contribution >= 4 is 11.4 Å². The fraction of sp³-hybridized carbons (Fsp3) is 0.143. The molecule has 0 radical (unpaired) electrons. The summed E-state index contributed by atoms with van der Waals surface area (Å²) in [6, 6.07) is 29.9. The lowest BCUT2D eigenvalue weighted by Gasteiger charge is -2.27. The highest BCUT2D eigenvalue weighted by Crippen LogP contribution is 2.34. The maximum absolute atomic E-state index is 2.41. The number of benzene rings is 3. The number of nitrogens with zero attached hydrogens (tertiary/aromatic N) is 1. The zero-order valence-electron chi connectivity index (χ0n) is 12.9. The molecule has 3 aromatic rings. The molecule has 0 amide bonds. The van der Waals surface area contributed by atoms with Crippen LogP contribution < -0.4 is 4.90 Å². The summed E-state index contributed by atoms with van der Waals surface area (Å²) in [6.07, 6.45) is 1.11. The van der Waals surface area contributed by atoms with Crippen molar-refractivity contribution in [1.29, 1.82) is 0 Å². The van der Waals surface area contributed by atoms with Crippen LogP contribution in [-0.2, 0) is 0 Å². The quantitative estimate of drug-likeness (QED) is 0.564. The van der Waals surface area contributed by atoms with Crippen LogP contribution in [0.4, 0.5) is 11.4 Å². The van der Waals surface area contributed by atoms with Crippen LogP contribution in [0.2, 0.25) is 0 Å². The minimum atomic E-state index is 1.01. The molecule has 0 aliphatic rings. The van der Waals surface area contributed by atoms with E-state index in [2.05, 4.69) is 96.8 Å². The SMILES string of the molecule is CCCN(c1ccccc1)c1ccccc1-c1ccccc1. The van der Waals surface area contributed by atoms with Gasteiger partial charge in [-0.1, -0.05) is 73.7 Å². The monoisotopic (exact) mass is 287 g/mol. The van der Waals surface area contributed by atoms with Gasteiger partial charge in [-0.15, -0.1) is 0 Å². The van der Waals surface area contributed by atoms with E-state index in [-0.39, 0.29) is 0 Å². The van der Waals surface area contributed by atoms with Crippen LogP contribution in [0.25, 0.3) is 11.1 Å². The molecule has 3 rings (SSSR count). The van der Waals surface area contributed by atoms with E-state index in [9.17, 15) is 0 Å². The Morgan fingerprint density at radius 3 is 1.95 bits per heavy atom. The van der Waals surface area contributed by atoms with E-state index in [4.69, 9.17) is 0 Å². The topological polar surface area (TPSA) is 3.24 Å². The average molecular weight is 287 g/mol. The first-order valence-electron chi connectivity index (χ1n) is 7.87. The van der Waals surface area contributed by atoms with Crippen LogP contribution in [0.15, 0.2) is 84.9 Å². The Hall–Kier alpha value is -2.54. The fourth-order valence-electron chi connectivity index (χ4n) is 2.79. The van der Waals surface area contributed by atoms with Crippen molar-refractivity contribution < 1.29 is 0 Å². The maximum atomic E-state index is 2.41. The van der Waals surface area contributed by atoms with Gasteiger partial charge in [0.05, 0.1) is 0 Å². The van der Waals surface area contributed by atoms with Crippen molar-refractivity contribution in [3.8, 4) is 11.1 Å². The van der Waals surface area contributed by atoms with E-state index in [1.165, 1.54) is 22.5 Å². The summed E-state index contributed by atoms with van der Waals surface area (Å²) in [6.45, 7) is 3.23. The molecule has 0 N–H and O–H groups in total. The van der Waals surface area contributed by atoms with Gasteiger partial charge in [-0.25, -0.2) is 0 Å².